The highest BCUT2D eigenvalue weighted by Crippen LogP contribution is 2.10. The van der Waals surface area contributed by atoms with Gasteiger partial charge in [-0.15, -0.1) is 0 Å². The number of nitrogens with zero attached hydrogens (tertiary/aromatic N) is 3. The predicted octanol–water partition coefficient (Wildman–Crippen LogP) is 1.86. The van der Waals surface area contributed by atoms with Crippen molar-refractivity contribution in [2.24, 2.45) is 0 Å². The molecular weight excluding hydrogens is 204 g/mol. The normalized spacial score (nSPS) is 9.75. The van der Waals surface area contributed by atoms with E-state index in [9.17, 15) is 0 Å². The number of hydrogen-bond donors (Lipinski definition) is 1. The quantitative estimate of drug-likeness (QED) is 0.844. The van der Waals surface area contributed by atoms with Crippen LogP contribution in [0.3, 0.4) is 0 Å². The Labute approximate surface area is 92.7 Å². The number of hydrogen-bond acceptors (Lipinski definition) is 5. The molecule has 1 aromatic carbocycles. The van der Waals surface area contributed by atoms with Gasteiger partial charge < -0.3 is 5.32 Å². The maximum Gasteiger partial charge on any atom is 0.127 e. The minimum Gasteiger partial charge on any atom is -0.379 e. The molecule has 0 saturated carbocycles. The summed E-state index contributed by atoms with van der Waals surface area (Å²) in [4.78, 5) is 0. The molecule has 16 heavy (non-hydrogen) atoms. The molecule has 0 aliphatic rings. The highest BCUT2D eigenvalue weighted by Gasteiger charge is 2.03. The maximum atomic E-state index is 8.64. The van der Waals surface area contributed by atoms with Gasteiger partial charge in [0.15, 0.2) is 0 Å². The van der Waals surface area contributed by atoms with E-state index in [1.54, 1.807) is 12.1 Å². The summed E-state index contributed by atoms with van der Waals surface area (Å²) in [7, 11) is 0. The molecule has 0 aliphatic heterocycles. The summed E-state index contributed by atoms with van der Waals surface area (Å²) in [5, 5.41) is 19.3. The van der Waals surface area contributed by atoms with Crippen LogP contribution in [0, 0.1) is 18.3 Å². The lowest BCUT2D eigenvalue weighted by atomic mass is 10.2. The fourth-order valence-electron chi connectivity index (χ4n) is 1.26. The molecule has 0 fully saturated rings. The Morgan fingerprint density at radius 2 is 2.06 bits per heavy atom. The van der Waals surface area contributed by atoms with Gasteiger partial charge in [0.25, 0.3) is 0 Å². The Morgan fingerprint density at radius 1 is 1.31 bits per heavy atom. The van der Waals surface area contributed by atoms with Crippen LogP contribution in [0.25, 0.3) is 0 Å². The molecule has 0 unspecified atom stereocenters. The lowest BCUT2D eigenvalue weighted by Crippen LogP contribution is -2.01. The molecular formula is C11H10N4O. The average molecular weight is 214 g/mol. The summed E-state index contributed by atoms with van der Waals surface area (Å²) in [6, 6.07) is 9.29. The number of nitrogens with one attached hydrogen (secondary N) is 1. The van der Waals surface area contributed by atoms with E-state index in [2.05, 4.69) is 26.3 Å². The van der Waals surface area contributed by atoms with Crippen LogP contribution in [0.2, 0.25) is 0 Å². The Morgan fingerprint density at radius 3 is 2.62 bits per heavy atom. The second-order valence-electron chi connectivity index (χ2n) is 3.34. The Balaban J connectivity index is 2.00. The minimum absolute atomic E-state index is 0.557. The van der Waals surface area contributed by atoms with Crippen molar-refractivity contribution in [1.29, 1.82) is 5.26 Å². The number of nitriles is 1. The van der Waals surface area contributed by atoms with Crippen molar-refractivity contribution in [3.8, 4) is 6.07 Å². The zero-order valence-electron chi connectivity index (χ0n) is 8.77. The van der Waals surface area contributed by atoms with Crippen molar-refractivity contribution >= 4 is 5.69 Å². The summed E-state index contributed by atoms with van der Waals surface area (Å²) in [5.74, 6) is 0. The van der Waals surface area contributed by atoms with Crippen molar-refractivity contribution < 1.29 is 4.63 Å². The molecule has 1 aromatic heterocycles. The highest BCUT2D eigenvalue weighted by molar-refractivity contribution is 5.47. The van der Waals surface area contributed by atoms with Gasteiger partial charge in [0.1, 0.15) is 11.4 Å². The Bertz CT molecular complexity index is 510. The van der Waals surface area contributed by atoms with Gasteiger partial charge in [0, 0.05) is 5.69 Å². The van der Waals surface area contributed by atoms with Gasteiger partial charge in [-0.05, 0) is 31.2 Å². The predicted molar refractivity (Wildman–Crippen MR) is 57.5 cm³/mol. The van der Waals surface area contributed by atoms with Gasteiger partial charge in [-0.25, -0.2) is 4.63 Å². The van der Waals surface area contributed by atoms with E-state index in [1.165, 1.54) is 0 Å². The first-order chi connectivity index (χ1) is 7.79. The first-order valence-corrected chi connectivity index (χ1v) is 4.81. The number of aryl methyl sites for hydroxylation is 1. The Hall–Kier alpha value is -2.35. The molecule has 1 heterocycles. The first-order valence-electron chi connectivity index (χ1n) is 4.81. The monoisotopic (exact) mass is 214 g/mol. The minimum atomic E-state index is 0.557. The van der Waals surface area contributed by atoms with Gasteiger partial charge in [0.2, 0.25) is 0 Å². The van der Waals surface area contributed by atoms with E-state index in [0.29, 0.717) is 12.1 Å². The smallest absolute Gasteiger partial charge is 0.127 e. The summed E-state index contributed by atoms with van der Waals surface area (Å²) in [5.41, 5.74) is 3.14. The van der Waals surface area contributed by atoms with Crippen molar-refractivity contribution in [2.45, 2.75) is 13.5 Å². The van der Waals surface area contributed by atoms with Crippen LogP contribution in [0.1, 0.15) is 17.0 Å². The van der Waals surface area contributed by atoms with E-state index in [1.807, 2.05) is 19.1 Å². The maximum absolute atomic E-state index is 8.64. The lowest BCUT2D eigenvalue weighted by Gasteiger charge is -2.03. The van der Waals surface area contributed by atoms with Crippen molar-refractivity contribution in [1.82, 2.24) is 10.3 Å². The number of aromatic nitrogens is 2. The third kappa shape index (κ3) is 2.17. The third-order valence-corrected chi connectivity index (χ3v) is 2.22. The second kappa shape index (κ2) is 4.45. The Kier molecular flexibility index (Phi) is 2.83. The molecule has 0 spiro atoms. The van der Waals surface area contributed by atoms with Crippen LogP contribution in [0.5, 0.6) is 0 Å². The fraction of sp³-hybridized carbons (Fsp3) is 0.182. The van der Waals surface area contributed by atoms with Crippen LogP contribution in [0.15, 0.2) is 28.9 Å². The van der Waals surface area contributed by atoms with E-state index < -0.39 is 0 Å². The van der Waals surface area contributed by atoms with E-state index in [-0.39, 0.29) is 0 Å². The van der Waals surface area contributed by atoms with Crippen molar-refractivity contribution in [2.75, 3.05) is 5.32 Å². The summed E-state index contributed by atoms with van der Waals surface area (Å²) in [6.45, 7) is 2.40. The molecule has 0 radical (unpaired) electrons. The summed E-state index contributed by atoms with van der Waals surface area (Å²) in [6.07, 6.45) is 0. The number of rotatable bonds is 3. The molecule has 0 saturated heterocycles. The summed E-state index contributed by atoms with van der Waals surface area (Å²) < 4.78 is 4.59. The van der Waals surface area contributed by atoms with Crippen LogP contribution >= 0.6 is 0 Å². The molecule has 5 nitrogen and oxygen atoms in total. The van der Waals surface area contributed by atoms with Gasteiger partial charge in [0.05, 0.1) is 18.2 Å². The number of benzene rings is 1. The SMILES string of the molecule is Cc1nonc1CNc1ccc(C#N)cc1. The van der Waals surface area contributed by atoms with Gasteiger partial charge in [-0.1, -0.05) is 10.3 Å². The zero-order valence-corrected chi connectivity index (χ0v) is 8.77. The van der Waals surface area contributed by atoms with Gasteiger partial charge in [-0.2, -0.15) is 5.26 Å². The molecule has 1 N–H and O–H groups in total. The highest BCUT2D eigenvalue weighted by atomic mass is 16.6. The summed E-state index contributed by atoms with van der Waals surface area (Å²) >= 11 is 0. The molecule has 2 aromatic rings. The van der Waals surface area contributed by atoms with E-state index >= 15 is 0 Å². The average Bonchev–Trinajstić information content (AvgIpc) is 2.73. The number of anilines is 1. The standard InChI is InChI=1S/C11H10N4O/c1-8-11(15-16-14-8)7-13-10-4-2-9(6-12)3-5-10/h2-5,13H,7H2,1H3. The molecule has 2 rings (SSSR count). The molecule has 5 heteroatoms. The second-order valence-corrected chi connectivity index (χ2v) is 3.34. The van der Waals surface area contributed by atoms with Crippen LogP contribution < -0.4 is 5.32 Å². The van der Waals surface area contributed by atoms with Crippen LogP contribution in [-0.4, -0.2) is 10.3 Å². The van der Waals surface area contributed by atoms with Crippen molar-refractivity contribution in [3.05, 3.63) is 41.2 Å². The van der Waals surface area contributed by atoms with Crippen molar-refractivity contribution in [3.63, 3.8) is 0 Å². The molecule has 0 atom stereocenters. The van der Waals surface area contributed by atoms with Crippen LogP contribution in [-0.2, 0) is 6.54 Å². The third-order valence-electron chi connectivity index (χ3n) is 2.22. The largest absolute Gasteiger partial charge is 0.379 e. The molecule has 0 amide bonds. The van der Waals surface area contributed by atoms with E-state index in [4.69, 9.17) is 5.26 Å². The topological polar surface area (TPSA) is 74.7 Å². The fourth-order valence-corrected chi connectivity index (χ4v) is 1.26. The first kappa shape index (κ1) is 10.2. The van der Waals surface area contributed by atoms with Gasteiger partial charge >= 0.3 is 0 Å². The zero-order chi connectivity index (χ0) is 11.4. The van der Waals surface area contributed by atoms with E-state index in [0.717, 1.165) is 17.1 Å². The van der Waals surface area contributed by atoms with Gasteiger partial charge in [-0.3, -0.25) is 0 Å². The molecule has 0 aliphatic carbocycles. The molecule has 80 valence electrons. The lowest BCUT2D eigenvalue weighted by molar-refractivity contribution is 0.301. The van der Waals surface area contributed by atoms with Crippen LogP contribution in [0.4, 0.5) is 5.69 Å². The molecule has 0 bridgehead atoms.